The van der Waals surface area contributed by atoms with E-state index in [1.807, 2.05) is 31.2 Å². The van der Waals surface area contributed by atoms with E-state index in [1.54, 1.807) is 6.07 Å². The van der Waals surface area contributed by atoms with Crippen LogP contribution in [0.1, 0.15) is 31.4 Å². The van der Waals surface area contributed by atoms with Crippen LogP contribution in [0.5, 0.6) is 5.75 Å². The lowest BCUT2D eigenvalue weighted by atomic mass is 10.0. The SMILES string of the molecule is Cc1cc(N2CCC(NC3CCOCC3)CC2)nc(-c2ccccc2O)n1. The number of rotatable bonds is 4. The molecule has 3 heterocycles. The van der Waals surface area contributed by atoms with E-state index < -0.39 is 0 Å². The summed E-state index contributed by atoms with van der Waals surface area (Å²) >= 11 is 0. The van der Waals surface area contributed by atoms with Gasteiger partial charge in [-0.25, -0.2) is 9.97 Å². The summed E-state index contributed by atoms with van der Waals surface area (Å²) in [5.41, 5.74) is 1.60. The fourth-order valence-corrected chi connectivity index (χ4v) is 3.97. The zero-order chi connectivity index (χ0) is 18.6. The maximum absolute atomic E-state index is 10.1. The van der Waals surface area contributed by atoms with Gasteiger partial charge in [0.25, 0.3) is 0 Å². The molecule has 4 rings (SSSR count). The molecule has 2 saturated heterocycles. The third-order valence-corrected chi connectivity index (χ3v) is 5.50. The number of aromatic hydroxyl groups is 1. The van der Waals surface area contributed by atoms with Crippen LogP contribution < -0.4 is 10.2 Å². The van der Waals surface area contributed by atoms with Crippen LogP contribution in [0.4, 0.5) is 5.82 Å². The fourth-order valence-electron chi connectivity index (χ4n) is 3.97. The highest BCUT2D eigenvalue weighted by Crippen LogP contribution is 2.28. The van der Waals surface area contributed by atoms with Gasteiger partial charge >= 0.3 is 0 Å². The van der Waals surface area contributed by atoms with Crippen LogP contribution in [-0.4, -0.2) is 53.5 Å². The van der Waals surface area contributed by atoms with Crippen molar-refractivity contribution in [1.82, 2.24) is 15.3 Å². The van der Waals surface area contributed by atoms with E-state index in [0.29, 0.717) is 23.5 Å². The smallest absolute Gasteiger partial charge is 0.165 e. The van der Waals surface area contributed by atoms with Crippen LogP contribution in [0.2, 0.25) is 0 Å². The first-order chi connectivity index (χ1) is 13.2. The third-order valence-electron chi connectivity index (χ3n) is 5.50. The van der Waals surface area contributed by atoms with Crippen LogP contribution in [0.3, 0.4) is 0 Å². The van der Waals surface area contributed by atoms with Gasteiger partial charge in [0, 0.05) is 50.1 Å². The highest BCUT2D eigenvalue weighted by atomic mass is 16.5. The molecule has 2 aliphatic heterocycles. The van der Waals surface area contributed by atoms with E-state index in [1.165, 1.54) is 0 Å². The second-order valence-corrected chi connectivity index (χ2v) is 7.52. The molecule has 0 radical (unpaired) electrons. The largest absolute Gasteiger partial charge is 0.507 e. The quantitative estimate of drug-likeness (QED) is 0.865. The van der Waals surface area contributed by atoms with Gasteiger partial charge in [-0.15, -0.1) is 0 Å². The molecule has 27 heavy (non-hydrogen) atoms. The molecule has 0 bridgehead atoms. The van der Waals surface area contributed by atoms with Crippen molar-refractivity contribution in [1.29, 1.82) is 0 Å². The van der Waals surface area contributed by atoms with Crippen molar-refractivity contribution in [3.8, 4) is 17.1 Å². The molecule has 0 atom stereocenters. The number of phenols is 1. The molecule has 6 nitrogen and oxygen atoms in total. The van der Waals surface area contributed by atoms with Crippen molar-refractivity contribution >= 4 is 5.82 Å². The normalized spacial score (nSPS) is 19.4. The van der Waals surface area contributed by atoms with Crippen LogP contribution in [0.15, 0.2) is 30.3 Å². The minimum Gasteiger partial charge on any atom is -0.507 e. The minimum absolute atomic E-state index is 0.216. The summed E-state index contributed by atoms with van der Waals surface area (Å²) in [4.78, 5) is 11.6. The molecule has 2 N–H and O–H groups in total. The van der Waals surface area contributed by atoms with Crippen molar-refractivity contribution < 1.29 is 9.84 Å². The van der Waals surface area contributed by atoms with Gasteiger partial charge < -0.3 is 20.1 Å². The topological polar surface area (TPSA) is 70.5 Å². The molecule has 0 aliphatic carbocycles. The van der Waals surface area contributed by atoms with Gasteiger partial charge in [-0.1, -0.05) is 12.1 Å². The first kappa shape index (κ1) is 18.2. The summed E-state index contributed by atoms with van der Waals surface area (Å²) in [7, 11) is 0. The van der Waals surface area contributed by atoms with E-state index in [2.05, 4.69) is 15.2 Å². The first-order valence-electron chi connectivity index (χ1n) is 9.92. The molecule has 6 heteroatoms. The average Bonchev–Trinajstić information content (AvgIpc) is 2.69. The molecule has 144 valence electrons. The van der Waals surface area contributed by atoms with Crippen molar-refractivity contribution in [2.75, 3.05) is 31.2 Å². The van der Waals surface area contributed by atoms with Crippen molar-refractivity contribution in [2.24, 2.45) is 0 Å². The van der Waals surface area contributed by atoms with Crippen LogP contribution in [0.25, 0.3) is 11.4 Å². The monoisotopic (exact) mass is 368 g/mol. The lowest BCUT2D eigenvalue weighted by Crippen LogP contribution is -2.47. The molecule has 2 aromatic rings. The summed E-state index contributed by atoms with van der Waals surface area (Å²) < 4.78 is 5.45. The number of anilines is 1. The van der Waals surface area contributed by atoms with Crippen molar-refractivity contribution in [2.45, 2.75) is 44.7 Å². The Kier molecular flexibility index (Phi) is 5.55. The Morgan fingerprint density at radius 2 is 1.74 bits per heavy atom. The Hall–Kier alpha value is -2.18. The van der Waals surface area contributed by atoms with Crippen LogP contribution >= 0.6 is 0 Å². The molecule has 0 amide bonds. The number of aryl methyl sites for hydroxylation is 1. The number of benzene rings is 1. The lowest BCUT2D eigenvalue weighted by molar-refractivity contribution is 0.0738. The van der Waals surface area contributed by atoms with Gasteiger partial charge in [0.2, 0.25) is 0 Å². The maximum atomic E-state index is 10.1. The molecular weight excluding hydrogens is 340 g/mol. The number of aromatic nitrogens is 2. The minimum atomic E-state index is 0.216. The maximum Gasteiger partial charge on any atom is 0.165 e. The second-order valence-electron chi connectivity index (χ2n) is 7.52. The number of hydrogen-bond acceptors (Lipinski definition) is 6. The van der Waals surface area contributed by atoms with Gasteiger partial charge in [-0.2, -0.15) is 0 Å². The zero-order valence-corrected chi connectivity index (χ0v) is 15.9. The number of nitrogens with zero attached hydrogens (tertiary/aromatic N) is 3. The van der Waals surface area contributed by atoms with Crippen LogP contribution in [-0.2, 0) is 4.74 Å². The number of hydrogen-bond donors (Lipinski definition) is 2. The van der Waals surface area contributed by atoms with Gasteiger partial charge in [0.1, 0.15) is 11.6 Å². The first-order valence-corrected chi connectivity index (χ1v) is 9.92. The van der Waals surface area contributed by atoms with Crippen molar-refractivity contribution in [3.05, 3.63) is 36.0 Å². The lowest BCUT2D eigenvalue weighted by Gasteiger charge is -2.36. The number of nitrogens with one attached hydrogen (secondary N) is 1. The van der Waals surface area contributed by atoms with E-state index in [0.717, 1.165) is 63.5 Å². The Bertz CT molecular complexity index is 769. The number of phenolic OH excluding ortho intramolecular Hbond substituents is 1. The van der Waals surface area contributed by atoms with E-state index in [4.69, 9.17) is 9.72 Å². The van der Waals surface area contributed by atoms with Gasteiger partial charge in [0.05, 0.1) is 5.56 Å². The Morgan fingerprint density at radius 3 is 2.48 bits per heavy atom. The predicted octanol–water partition coefficient (Wildman–Crippen LogP) is 2.90. The van der Waals surface area contributed by atoms with Gasteiger partial charge in [-0.05, 0) is 44.7 Å². The Morgan fingerprint density at radius 1 is 1.04 bits per heavy atom. The summed E-state index contributed by atoms with van der Waals surface area (Å²) in [6, 6.07) is 10.5. The summed E-state index contributed by atoms with van der Waals surface area (Å²) in [5, 5.41) is 13.9. The average molecular weight is 368 g/mol. The van der Waals surface area contributed by atoms with E-state index in [9.17, 15) is 5.11 Å². The standard InChI is InChI=1S/C21H28N4O2/c1-15-14-20(24-21(22-15)18-4-2-3-5-19(18)26)25-10-6-16(7-11-25)23-17-8-12-27-13-9-17/h2-5,14,16-17,23,26H,6-13H2,1H3. The van der Waals surface area contributed by atoms with E-state index >= 15 is 0 Å². The van der Waals surface area contributed by atoms with Gasteiger partial charge in [-0.3, -0.25) is 0 Å². The third kappa shape index (κ3) is 4.39. The summed E-state index contributed by atoms with van der Waals surface area (Å²) in [6.07, 6.45) is 4.48. The van der Waals surface area contributed by atoms with E-state index in [-0.39, 0.29) is 5.75 Å². The number of para-hydroxylation sites is 1. The number of piperidine rings is 1. The Balaban J connectivity index is 1.43. The molecule has 0 saturated carbocycles. The van der Waals surface area contributed by atoms with Gasteiger partial charge in [0.15, 0.2) is 5.82 Å². The molecule has 0 spiro atoms. The molecule has 2 fully saturated rings. The van der Waals surface area contributed by atoms with Crippen molar-refractivity contribution in [3.63, 3.8) is 0 Å². The van der Waals surface area contributed by atoms with Crippen LogP contribution in [0, 0.1) is 6.92 Å². The predicted molar refractivity (Wildman–Crippen MR) is 106 cm³/mol. The second kappa shape index (κ2) is 8.23. The zero-order valence-electron chi connectivity index (χ0n) is 15.9. The molecule has 1 aromatic heterocycles. The molecular formula is C21H28N4O2. The fraction of sp³-hybridized carbons (Fsp3) is 0.524. The highest BCUT2D eigenvalue weighted by Gasteiger charge is 2.24. The molecule has 1 aromatic carbocycles. The number of ether oxygens (including phenoxy) is 1. The summed E-state index contributed by atoms with van der Waals surface area (Å²) in [6.45, 7) is 5.71. The molecule has 2 aliphatic rings. The summed E-state index contributed by atoms with van der Waals surface area (Å²) in [5.74, 6) is 1.75. The molecule has 0 unspecified atom stereocenters. The Labute approximate surface area is 160 Å². The highest BCUT2D eigenvalue weighted by molar-refractivity contribution is 5.65.